The summed E-state index contributed by atoms with van der Waals surface area (Å²) in [4.78, 5) is 26.1. The van der Waals surface area contributed by atoms with E-state index in [9.17, 15) is 9.59 Å². The van der Waals surface area contributed by atoms with Crippen molar-refractivity contribution in [3.8, 4) is 0 Å². The van der Waals surface area contributed by atoms with Crippen molar-refractivity contribution < 1.29 is 19.5 Å². The molecule has 2 amide bonds. The number of urea groups is 1. The number of carbonyl (C=O) groups excluding carboxylic acids is 1. The molecule has 1 rings (SSSR count). The molecule has 0 aromatic rings. The molecule has 0 heterocycles. The van der Waals surface area contributed by atoms with E-state index in [1.807, 2.05) is 6.26 Å². The van der Waals surface area contributed by atoms with E-state index in [2.05, 4.69) is 15.6 Å². The van der Waals surface area contributed by atoms with Crippen LogP contribution in [0.15, 0.2) is 0 Å². The number of hydrogen-bond acceptors (Lipinski definition) is 4. The van der Waals surface area contributed by atoms with Crippen molar-refractivity contribution in [1.29, 1.82) is 0 Å². The maximum absolute atomic E-state index is 11.4. The van der Waals surface area contributed by atoms with E-state index < -0.39 is 18.6 Å². The van der Waals surface area contributed by atoms with Crippen LogP contribution >= 0.6 is 11.8 Å². The summed E-state index contributed by atoms with van der Waals surface area (Å²) in [6.45, 7) is -0.538. The van der Waals surface area contributed by atoms with E-state index in [-0.39, 0.29) is 6.04 Å². The third-order valence-electron chi connectivity index (χ3n) is 2.68. The summed E-state index contributed by atoms with van der Waals surface area (Å²) in [5, 5.41) is 11.6. The first-order valence-electron chi connectivity index (χ1n) is 5.56. The van der Waals surface area contributed by atoms with Crippen molar-refractivity contribution in [3.05, 3.63) is 0 Å². The Morgan fingerprint density at radius 1 is 1.41 bits per heavy atom. The van der Waals surface area contributed by atoms with E-state index in [0.717, 1.165) is 19.3 Å². The minimum absolute atomic E-state index is 0.132. The van der Waals surface area contributed by atoms with Crippen molar-refractivity contribution in [2.24, 2.45) is 0 Å². The smallest absolute Gasteiger partial charge is 0.338 e. The van der Waals surface area contributed by atoms with Crippen LogP contribution < -0.4 is 10.8 Å². The summed E-state index contributed by atoms with van der Waals surface area (Å²) in [5.41, 5.74) is 2.07. The molecule has 0 spiro atoms. The van der Waals surface area contributed by atoms with Gasteiger partial charge >= 0.3 is 12.0 Å². The van der Waals surface area contributed by atoms with Gasteiger partial charge in [0.1, 0.15) is 0 Å². The molecule has 2 unspecified atom stereocenters. The number of amides is 2. The lowest BCUT2D eigenvalue weighted by Gasteiger charge is -2.30. The van der Waals surface area contributed by atoms with Gasteiger partial charge in [0.25, 0.3) is 0 Å². The van der Waals surface area contributed by atoms with Crippen LogP contribution in [0.3, 0.4) is 0 Å². The van der Waals surface area contributed by atoms with Crippen LogP contribution in [0.1, 0.15) is 25.7 Å². The molecule has 98 valence electrons. The molecule has 3 N–H and O–H groups in total. The molecule has 0 aliphatic heterocycles. The molecule has 0 radical (unpaired) electrons. The number of carbonyl (C=O) groups is 2. The lowest BCUT2D eigenvalue weighted by molar-refractivity contribution is -0.144. The van der Waals surface area contributed by atoms with Crippen LogP contribution in [-0.2, 0) is 9.63 Å². The Morgan fingerprint density at radius 2 is 2.12 bits per heavy atom. The van der Waals surface area contributed by atoms with Crippen LogP contribution in [-0.4, -0.2) is 41.3 Å². The number of nitrogens with one attached hydrogen (secondary N) is 2. The number of carboxylic acid groups (broad SMARTS) is 1. The van der Waals surface area contributed by atoms with Gasteiger partial charge in [0.15, 0.2) is 6.61 Å². The molecule has 1 aliphatic carbocycles. The van der Waals surface area contributed by atoms with Crippen LogP contribution in [0.5, 0.6) is 0 Å². The summed E-state index contributed by atoms with van der Waals surface area (Å²) in [5.74, 6) is -1.12. The standard InChI is InChI=1S/C10H18N2O4S/c1-17-8-5-3-2-4-7(8)11-10(15)12-16-6-9(13)14/h7-8H,2-6H2,1H3,(H,13,14)(H2,11,12,15). The van der Waals surface area contributed by atoms with Crippen molar-refractivity contribution >= 4 is 23.8 Å². The van der Waals surface area contributed by atoms with Crippen LogP contribution in [0.25, 0.3) is 0 Å². The lowest BCUT2D eigenvalue weighted by Crippen LogP contribution is -2.48. The van der Waals surface area contributed by atoms with E-state index in [4.69, 9.17) is 5.11 Å². The first-order chi connectivity index (χ1) is 8.13. The Balaban J connectivity index is 2.26. The number of hydrogen-bond donors (Lipinski definition) is 3. The van der Waals surface area contributed by atoms with Gasteiger partial charge in [-0.05, 0) is 19.1 Å². The molecule has 0 bridgehead atoms. The molecule has 0 aromatic heterocycles. The number of rotatable bonds is 5. The summed E-state index contributed by atoms with van der Waals surface area (Å²) < 4.78 is 0. The first kappa shape index (κ1) is 14.1. The lowest BCUT2D eigenvalue weighted by atomic mass is 9.95. The fourth-order valence-corrected chi connectivity index (χ4v) is 2.84. The third-order valence-corrected chi connectivity index (χ3v) is 3.85. The van der Waals surface area contributed by atoms with Gasteiger partial charge in [-0.25, -0.2) is 15.1 Å². The molecule has 0 saturated heterocycles. The topological polar surface area (TPSA) is 87.7 Å². The molecular formula is C10H18N2O4S. The molecule has 1 fully saturated rings. The largest absolute Gasteiger partial charge is 0.479 e. The fourth-order valence-electron chi connectivity index (χ4n) is 1.91. The Kier molecular flexibility index (Phi) is 6.13. The molecule has 6 nitrogen and oxygen atoms in total. The number of carboxylic acids is 1. The fraction of sp³-hybridized carbons (Fsp3) is 0.800. The SMILES string of the molecule is CSC1CCCCC1NC(=O)NOCC(=O)O. The van der Waals surface area contributed by atoms with Crippen LogP contribution in [0.4, 0.5) is 4.79 Å². The highest BCUT2D eigenvalue weighted by molar-refractivity contribution is 7.99. The summed E-state index contributed by atoms with van der Waals surface area (Å²) >= 11 is 1.75. The van der Waals surface area contributed by atoms with Crippen molar-refractivity contribution in [2.75, 3.05) is 12.9 Å². The highest BCUT2D eigenvalue weighted by Crippen LogP contribution is 2.26. The van der Waals surface area contributed by atoms with Crippen molar-refractivity contribution in [3.63, 3.8) is 0 Å². The van der Waals surface area contributed by atoms with E-state index >= 15 is 0 Å². The van der Waals surface area contributed by atoms with Gasteiger partial charge in [-0.1, -0.05) is 12.8 Å². The van der Waals surface area contributed by atoms with E-state index in [0.29, 0.717) is 5.25 Å². The molecule has 0 aromatic carbocycles. The van der Waals surface area contributed by atoms with Gasteiger partial charge in [-0.2, -0.15) is 11.8 Å². The highest BCUT2D eigenvalue weighted by Gasteiger charge is 2.25. The van der Waals surface area contributed by atoms with Gasteiger partial charge in [0.05, 0.1) is 0 Å². The normalized spacial score (nSPS) is 24.1. The number of thioether (sulfide) groups is 1. The Labute approximate surface area is 104 Å². The highest BCUT2D eigenvalue weighted by atomic mass is 32.2. The quantitative estimate of drug-likeness (QED) is 0.643. The number of hydroxylamine groups is 1. The van der Waals surface area contributed by atoms with Gasteiger partial charge in [0.2, 0.25) is 0 Å². The zero-order valence-electron chi connectivity index (χ0n) is 9.77. The summed E-state index contributed by atoms with van der Waals surface area (Å²) in [6, 6.07) is -0.343. The summed E-state index contributed by atoms with van der Waals surface area (Å²) in [6.07, 6.45) is 6.39. The zero-order valence-corrected chi connectivity index (χ0v) is 10.6. The van der Waals surface area contributed by atoms with Crippen LogP contribution in [0.2, 0.25) is 0 Å². The minimum Gasteiger partial charge on any atom is -0.479 e. The maximum Gasteiger partial charge on any atom is 0.338 e. The predicted molar refractivity (Wildman–Crippen MR) is 64.8 cm³/mol. The molecule has 1 saturated carbocycles. The van der Waals surface area contributed by atoms with E-state index in [1.165, 1.54) is 6.42 Å². The minimum atomic E-state index is -1.12. The van der Waals surface area contributed by atoms with Crippen LogP contribution in [0, 0.1) is 0 Å². The predicted octanol–water partition coefficient (Wildman–Crippen LogP) is 0.976. The Bertz CT molecular complexity index is 275. The second-order valence-electron chi connectivity index (χ2n) is 3.92. The number of aliphatic carboxylic acids is 1. The molecule has 1 aliphatic rings. The first-order valence-corrected chi connectivity index (χ1v) is 6.85. The van der Waals surface area contributed by atoms with Gasteiger partial charge in [-0.15, -0.1) is 0 Å². The average Bonchev–Trinajstić information content (AvgIpc) is 2.29. The van der Waals surface area contributed by atoms with Gasteiger partial charge < -0.3 is 10.4 Å². The van der Waals surface area contributed by atoms with Gasteiger partial charge in [0, 0.05) is 11.3 Å². The maximum atomic E-state index is 11.4. The second-order valence-corrected chi connectivity index (χ2v) is 5.00. The molecular weight excluding hydrogens is 244 g/mol. The van der Waals surface area contributed by atoms with Gasteiger partial charge in [-0.3, -0.25) is 4.84 Å². The molecule has 17 heavy (non-hydrogen) atoms. The second kappa shape index (κ2) is 7.39. The molecule has 7 heteroatoms. The van der Waals surface area contributed by atoms with Crippen molar-refractivity contribution in [1.82, 2.24) is 10.8 Å². The summed E-state index contributed by atoms with van der Waals surface area (Å²) in [7, 11) is 0. The Morgan fingerprint density at radius 3 is 2.76 bits per heavy atom. The Hall–Kier alpha value is -0.950. The third kappa shape index (κ3) is 5.27. The average molecular weight is 262 g/mol. The van der Waals surface area contributed by atoms with Crippen molar-refractivity contribution in [2.45, 2.75) is 37.0 Å². The zero-order chi connectivity index (χ0) is 12.7. The van der Waals surface area contributed by atoms with E-state index in [1.54, 1.807) is 11.8 Å². The monoisotopic (exact) mass is 262 g/mol. The molecule has 2 atom stereocenters.